The molecule has 0 fully saturated rings. The highest BCUT2D eigenvalue weighted by molar-refractivity contribution is 7.16. The topological polar surface area (TPSA) is 98.2 Å². The maximum atomic E-state index is 13.1. The molecule has 140 valence electrons. The van der Waals surface area contributed by atoms with Gasteiger partial charge in [0.2, 0.25) is 0 Å². The van der Waals surface area contributed by atoms with Crippen LogP contribution in [0.4, 0.5) is 5.00 Å². The normalized spacial score (nSPS) is 10.9. The predicted molar refractivity (Wildman–Crippen MR) is 110 cm³/mol. The van der Waals surface area contributed by atoms with Gasteiger partial charge in [-0.05, 0) is 43.7 Å². The Bertz CT molecular complexity index is 1210. The SMILES string of the molecule is Cc1sc(NC(=O)c2cc(-c3ccco3)nc3ccccc23)c(C(N)=O)c1C. The first kappa shape index (κ1) is 17.9. The molecule has 28 heavy (non-hydrogen) atoms. The fourth-order valence-electron chi connectivity index (χ4n) is 3.10. The maximum absolute atomic E-state index is 13.1. The number of nitrogens with one attached hydrogen (secondary N) is 1. The zero-order valence-corrected chi connectivity index (χ0v) is 16.1. The number of para-hydroxylation sites is 1. The van der Waals surface area contributed by atoms with E-state index in [-0.39, 0.29) is 5.91 Å². The molecule has 4 rings (SSSR count). The largest absolute Gasteiger partial charge is 0.463 e. The molecular weight excluding hydrogens is 374 g/mol. The number of anilines is 1. The third-order valence-corrected chi connectivity index (χ3v) is 5.72. The van der Waals surface area contributed by atoms with Crippen LogP contribution in [0.25, 0.3) is 22.4 Å². The zero-order valence-electron chi connectivity index (χ0n) is 15.3. The average Bonchev–Trinajstić information content (AvgIpc) is 3.29. The van der Waals surface area contributed by atoms with E-state index in [1.54, 1.807) is 24.5 Å². The maximum Gasteiger partial charge on any atom is 0.257 e. The van der Waals surface area contributed by atoms with Gasteiger partial charge in [-0.25, -0.2) is 4.98 Å². The molecule has 0 bridgehead atoms. The Morgan fingerprint density at radius 1 is 1.14 bits per heavy atom. The third-order valence-electron chi connectivity index (χ3n) is 4.59. The van der Waals surface area contributed by atoms with E-state index in [1.165, 1.54) is 11.3 Å². The number of aryl methyl sites for hydroxylation is 1. The van der Waals surface area contributed by atoms with Gasteiger partial charge < -0.3 is 15.5 Å². The highest BCUT2D eigenvalue weighted by Crippen LogP contribution is 2.33. The summed E-state index contributed by atoms with van der Waals surface area (Å²) in [5.41, 5.74) is 8.32. The number of fused-ring (bicyclic) bond motifs is 1. The number of nitrogens with zero attached hydrogens (tertiary/aromatic N) is 1. The summed E-state index contributed by atoms with van der Waals surface area (Å²) in [5.74, 6) is -0.330. The first-order chi connectivity index (χ1) is 13.5. The number of pyridine rings is 1. The van der Waals surface area contributed by atoms with E-state index in [0.29, 0.717) is 38.5 Å². The summed E-state index contributed by atoms with van der Waals surface area (Å²) in [4.78, 5) is 30.5. The highest BCUT2D eigenvalue weighted by atomic mass is 32.1. The molecule has 0 spiro atoms. The van der Waals surface area contributed by atoms with E-state index in [0.717, 1.165) is 10.4 Å². The Kier molecular flexibility index (Phi) is 4.44. The van der Waals surface area contributed by atoms with Gasteiger partial charge in [-0.1, -0.05) is 18.2 Å². The third kappa shape index (κ3) is 3.05. The number of hydrogen-bond donors (Lipinski definition) is 2. The summed E-state index contributed by atoms with van der Waals surface area (Å²) in [7, 11) is 0. The standard InChI is InChI=1S/C21H17N3O3S/c1-11-12(2)28-21(18(11)19(22)25)24-20(26)14-10-16(17-8-5-9-27-17)23-15-7-4-3-6-13(14)15/h3-10H,1-2H3,(H2,22,25)(H,24,26). The Hall–Kier alpha value is -3.45. The van der Waals surface area contributed by atoms with Crippen molar-refractivity contribution in [3.8, 4) is 11.5 Å². The van der Waals surface area contributed by atoms with Gasteiger partial charge in [-0.3, -0.25) is 9.59 Å². The molecule has 4 aromatic rings. The number of carbonyl (C=O) groups is 2. The van der Waals surface area contributed by atoms with Crippen molar-refractivity contribution >= 4 is 39.1 Å². The zero-order chi connectivity index (χ0) is 19.8. The number of carbonyl (C=O) groups excluding carboxylic acids is 2. The van der Waals surface area contributed by atoms with Gasteiger partial charge in [0.15, 0.2) is 5.76 Å². The van der Waals surface area contributed by atoms with E-state index in [1.807, 2.05) is 38.1 Å². The molecule has 6 nitrogen and oxygen atoms in total. The van der Waals surface area contributed by atoms with Gasteiger partial charge in [0, 0.05) is 10.3 Å². The van der Waals surface area contributed by atoms with Crippen LogP contribution in [0, 0.1) is 13.8 Å². The number of primary amides is 1. The van der Waals surface area contributed by atoms with Crippen LogP contribution in [0.15, 0.2) is 53.1 Å². The lowest BCUT2D eigenvalue weighted by Gasteiger charge is -2.10. The van der Waals surface area contributed by atoms with Crippen molar-refractivity contribution in [2.75, 3.05) is 5.32 Å². The van der Waals surface area contributed by atoms with Crippen LogP contribution in [0.5, 0.6) is 0 Å². The number of furan rings is 1. The van der Waals surface area contributed by atoms with Crippen molar-refractivity contribution in [1.82, 2.24) is 4.98 Å². The van der Waals surface area contributed by atoms with Gasteiger partial charge in [0.1, 0.15) is 10.7 Å². The van der Waals surface area contributed by atoms with E-state index < -0.39 is 5.91 Å². The molecule has 0 saturated carbocycles. The number of thiophene rings is 1. The predicted octanol–water partition coefficient (Wildman–Crippen LogP) is 4.52. The van der Waals surface area contributed by atoms with Crippen molar-refractivity contribution in [3.63, 3.8) is 0 Å². The number of aromatic nitrogens is 1. The van der Waals surface area contributed by atoms with E-state index in [2.05, 4.69) is 10.3 Å². The monoisotopic (exact) mass is 391 g/mol. The summed E-state index contributed by atoms with van der Waals surface area (Å²) in [6.07, 6.45) is 1.56. The molecule has 3 heterocycles. The van der Waals surface area contributed by atoms with Crippen LogP contribution in [-0.2, 0) is 0 Å². The summed E-state index contributed by atoms with van der Waals surface area (Å²) in [6.45, 7) is 3.71. The molecule has 0 aliphatic rings. The fourth-order valence-corrected chi connectivity index (χ4v) is 4.16. The van der Waals surface area contributed by atoms with Gasteiger partial charge in [-0.2, -0.15) is 0 Å². The lowest BCUT2D eigenvalue weighted by molar-refractivity contribution is 0.100. The molecule has 0 saturated heterocycles. The van der Waals surface area contributed by atoms with Crippen LogP contribution in [0.2, 0.25) is 0 Å². The second kappa shape index (κ2) is 6.94. The molecular formula is C21H17N3O3S. The molecule has 3 N–H and O–H groups in total. The Morgan fingerprint density at radius 3 is 2.64 bits per heavy atom. The highest BCUT2D eigenvalue weighted by Gasteiger charge is 2.21. The molecule has 3 aromatic heterocycles. The summed E-state index contributed by atoms with van der Waals surface area (Å²) < 4.78 is 5.44. The van der Waals surface area contributed by atoms with Gasteiger partial charge >= 0.3 is 0 Å². The van der Waals surface area contributed by atoms with E-state index in [4.69, 9.17) is 10.2 Å². The van der Waals surface area contributed by atoms with Crippen LogP contribution in [0.3, 0.4) is 0 Å². The number of nitrogens with two attached hydrogens (primary N) is 1. The number of rotatable bonds is 4. The number of benzene rings is 1. The smallest absolute Gasteiger partial charge is 0.257 e. The molecule has 0 unspecified atom stereocenters. The number of hydrogen-bond acceptors (Lipinski definition) is 5. The molecule has 2 amide bonds. The minimum absolute atomic E-state index is 0.338. The second-order valence-electron chi connectivity index (χ2n) is 6.36. The van der Waals surface area contributed by atoms with Crippen molar-refractivity contribution < 1.29 is 14.0 Å². The van der Waals surface area contributed by atoms with Gasteiger partial charge in [-0.15, -0.1) is 11.3 Å². The summed E-state index contributed by atoms with van der Waals surface area (Å²) >= 11 is 1.33. The quantitative estimate of drug-likeness (QED) is 0.534. The van der Waals surface area contributed by atoms with Gasteiger partial charge in [0.25, 0.3) is 11.8 Å². The molecule has 0 atom stereocenters. The van der Waals surface area contributed by atoms with Crippen LogP contribution in [-0.4, -0.2) is 16.8 Å². The first-order valence-corrected chi connectivity index (χ1v) is 9.42. The Labute approximate surface area is 165 Å². The first-order valence-electron chi connectivity index (χ1n) is 8.60. The average molecular weight is 391 g/mol. The molecule has 0 aliphatic heterocycles. The van der Waals surface area contributed by atoms with Crippen molar-refractivity contribution in [1.29, 1.82) is 0 Å². The minimum atomic E-state index is -0.562. The second-order valence-corrected chi connectivity index (χ2v) is 7.58. The Morgan fingerprint density at radius 2 is 1.93 bits per heavy atom. The van der Waals surface area contributed by atoms with E-state index >= 15 is 0 Å². The fraction of sp³-hybridized carbons (Fsp3) is 0.0952. The summed E-state index contributed by atoms with van der Waals surface area (Å²) in [6, 6.07) is 12.6. The molecule has 1 aromatic carbocycles. The van der Waals surface area contributed by atoms with Gasteiger partial charge in [0.05, 0.1) is 22.9 Å². The minimum Gasteiger partial charge on any atom is -0.463 e. The van der Waals surface area contributed by atoms with Crippen LogP contribution in [0.1, 0.15) is 31.2 Å². The van der Waals surface area contributed by atoms with Crippen LogP contribution < -0.4 is 11.1 Å². The van der Waals surface area contributed by atoms with Crippen molar-refractivity contribution in [3.05, 3.63) is 70.3 Å². The van der Waals surface area contributed by atoms with E-state index in [9.17, 15) is 9.59 Å². The molecule has 0 radical (unpaired) electrons. The van der Waals surface area contributed by atoms with Crippen molar-refractivity contribution in [2.45, 2.75) is 13.8 Å². The summed E-state index contributed by atoms with van der Waals surface area (Å²) in [5, 5.41) is 4.02. The molecule has 7 heteroatoms. The number of amides is 2. The van der Waals surface area contributed by atoms with Crippen LogP contribution >= 0.6 is 11.3 Å². The Balaban J connectivity index is 1.82. The van der Waals surface area contributed by atoms with Crippen molar-refractivity contribution in [2.24, 2.45) is 5.73 Å². The lowest BCUT2D eigenvalue weighted by atomic mass is 10.1. The lowest BCUT2D eigenvalue weighted by Crippen LogP contribution is -2.18. The molecule has 0 aliphatic carbocycles.